The van der Waals surface area contributed by atoms with E-state index in [1.165, 1.54) is 12.0 Å². The van der Waals surface area contributed by atoms with Gasteiger partial charge in [-0.05, 0) is 31.7 Å². The first kappa shape index (κ1) is 15.9. The van der Waals surface area contributed by atoms with Crippen molar-refractivity contribution in [3.63, 3.8) is 0 Å². The van der Waals surface area contributed by atoms with Gasteiger partial charge < -0.3 is 0 Å². The molecule has 1 saturated carbocycles. The van der Waals surface area contributed by atoms with E-state index in [9.17, 15) is 4.79 Å². The third-order valence-electron chi connectivity index (χ3n) is 4.11. The number of aromatic nitrogens is 1. The Morgan fingerprint density at radius 2 is 2.17 bits per heavy atom. The normalized spacial score (nSPS) is 19.7. The third kappa shape index (κ3) is 4.26. The number of rotatable bonds is 4. The maximum atomic E-state index is 12.1. The number of nitrogens with zero attached hydrogens (tertiary/aromatic N) is 2. The van der Waals surface area contributed by atoms with E-state index in [1.54, 1.807) is 11.3 Å². The fourth-order valence-electron chi connectivity index (χ4n) is 3.00. The molecule has 3 rings (SSSR count). The van der Waals surface area contributed by atoms with Gasteiger partial charge in [0.2, 0.25) is 5.91 Å². The van der Waals surface area contributed by atoms with Crippen molar-refractivity contribution < 1.29 is 4.79 Å². The molecule has 1 N–H and O–H groups in total. The van der Waals surface area contributed by atoms with Crippen LogP contribution in [0.15, 0.2) is 40.8 Å². The number of benzene rings is 1. The van der Waals surface area contributed by atoms with E-state index in [0.717, 1.165) is 35.7 Å². The summed E-state index contributed by atoms with van der Waals surface area (Å²) in [5, 5.41) is 7.34. The smallest absolute Gasteiger partial charge is 0.246 e. The molecule has 1 aliphatic carbocycles. The largest absolute Gasteiger partial charge is 0.273 e. The number of aryl methyl sites for hydroxylation is 1. The summed E-state index contributed by atoms with van der Waals surface area (Å²) in [6.45, 7) is 1.94. The van der Waals surface area contributed by atoms with E-state index in [1.807, 2.05) is 18.4 Å². The maximum absolute atomic E-state index is 12.1. The molecule has 1 fully saturated rings. The Kier molecular flexibility index (Phi) is 5.18. The van der Waals surface area contributed by atoms with Crippen molar-refractivity contribution in [1.82, 2.24) is 10.4 Å². The monoisotopic (exact) mass is 327 g/mol. The molecule has 5 heteroatoms. The molecule has 0 saturated heterocycles. The topological polar surface area (TPSA) is 54.4 Å². The number of hydrogen-bond donors (Lipinski definition) is 1. The molecule has 0 spiro atoms. The minimum absolute atomic E-state index is 0.0971. The van der Waals surface area contributed by atoms with Gasteiger partial charge in [0.1, 0.15) is 0 Å². The molecule has 0 radical (unpaired) electrons. The van der Waals surface area contributed by atoms with Crippen LogP contribution in [0.5, 0.6) is 0 Å². The van der Waals surface area contributed by atoms with Gasteiger partial charge in [-0.1, -0.05) is 36.8 Å². The van der Waals surface area contributed by atoms with Gasteiger partial charge in [-0.3, -0.25) is 4.79 Å². The van der Waals surface area contributed by atoms with Gasteiger partial charge in [0.25, 0.3) is 0 Å². The quantitative estimate of drug-likeness (QED) is 0.868. The summed E-state index contributed by atoms with van der Waals surface area (Å²) in [5.41, 5.74) is 5.91. The lowest BCUT2D eigenvalue weighted by atomic mass is 9.82. The molecule has 0 aliphatic heterocycles. The van der Waals surface area contributed by atoms with Crippen LogP contribution in [0.2, 0.25) is 0 Å². The fraction of sp³-hybridized carbons (Fsp3) is 0.389. The number of carbonyl (C=O) groups excluding carboxylic acids is 1. The highest BCUT2D eigenvalue weighted by Crippen LogP contribution is 2.30. The van der Waals surface area contributed by atoms with E-state index >= 15 is 0 Å². The average molecular weight is 327 g/mol. The van der Waals surface area contributed by atoms with Gasteiger partial charge in [0.05, 0.1) is 17.1 Å². The maximum Gasteiger partial charge on any atom is 0.246 e. The van der Waals surface area contributed by atoms with Crippen molar-refractivity contribution in [2.75, 3.05) is 0 Å². The summed E-state index contributed by atoms with van der Waals surface area (Å²) in [6.07, 6.45) is 4.70. The fourth-order valence-corrected chi connectivity index (χ4v) is 3.61. The Morgan fingerprint density at radius 3 is 2.91 bits per heavy atom. The van der Waals surface area contributed by atoms with Crippen LogP contribution in [-0.4, -0.2) is 16.6 Å². The highest BCUT2D eigenvalue weighted by Gasteiger charge is 2.22. The number of amides is 1. The standard InChI is InChI=1S/C18H21N3OS/c1-13-19-15(12-23-13)11-18(22)21-20-17-10-6-5-9-16(17)14-7-3-2-4-8-14/h2-4,7-8,12,16H,5-6,9-11H2,1H3,(H,21,22)/t16-/m0/s1. The lowest BCUT2D eigenvalue weighted by Gasteiger charge is -2.24. The summed E-state index contributed by atoms with van der Waals surface area (Å²) in [5.74, 6) is 0.229. The molecule has 23 heavy (non-hydrogen) atoms. The van der Waals surface area contributed by atoms with Gasteiger partial charge in [0, 0.05) is 17.0 Å². The van der Waals surface area contributed by atoms with Gasteiger partial charge in [-0.2, -0.15) is 5.10 Å². The highest BCUT2D eigenvalue weighted by molar-refractivity contribution is 7.09. The molecule has 1 aliphatic rings. The Labute approximate surface area is 140 Å². The molecule has 1 amide bonds. The van der Waals surface area contributed by atoms with Crippen molar-refractivity contribution >= 4 is 23.0 Å². The second-order valence-electron chi connectivity index (χ2n) is 5.88. The lowest BCUT2D eigenvalue weighted by Crippen LogP contribution is -2.25. The molecule has 4 nitrogen and oxygen atoms in total. The van der Waals surface area contributed by atoms with Crippen molar-refractivity contribution in [1.29, 1.82) is 0 Å². The van der Waals surface area contributed by atoms with Crippen LogP contribution in [0.25, 0.3) is 0 Å². The van der Waals surface area contributed by atoms with Crippen LogP contribution in [-0.2, 0) is 11.2 Å². The second kappa shape index (κ2) is 7.51. The molecule has 120 valence electrons. The van der Waals surface area contributed by atoms with E-state index in [2.05, 4.69) is 39.8 Å². The van der Waals surface area contributed by atoms with Crippen LogP contribution in [0.1, 0.15) is 47.9 Å². The van der Waals surface area contributed by atoms with Crippen molar-refractivity contribution in [3.8, 4) is 0 Å². The van der Waals surface area contributed by atoms with Crippen LogP contribution < -0.4 is 5.43 Å². The molecule has 0 bridgehead atoms. The molecule has 1 aromatic heterocycles. The zero-order chi connectivity index (χ0) is 16.1. The zero-order valence-corrected chi connectivity index (χ0v) is 14.1. The van der Waals surface area contributed by atoms with Crippen LogP contribution in [0, 0.1) is 6.92 Å². The molecular formula is C18H21N3OS. The summed E-state index contributed by atoms with van der Waals surface area (Å²) >= 11 is 1.56. The highest BCUT2D eigenvalue weighted by atomic mass is 32.1. The SMILES string of the molecule is Cc1nc(CC(=O)NN=C2CCCC[C@H]2c2ccccc2)cs1. The molecular weight excluding hydrogens is 306 g/mol. The van der Waals surface area contributed by atoms with E-state index < -0.39 is 0 Å². The molecule has 1 atom stereocenters. The zero-order valence-electron chi connectivity index (χ0n) is 13.3. The first-order valence-corrected chi connectivity index (χ1v) is 8.91. The number of hydrogen-bond acceptors (Lipinski definition) is 4. The predicted molar refractivity (Wildman–Crippen MR) is 93.8 cm³/mol. The van der Waals surface area contributed by atoms with Gasteiger partial charge in [-0.15, -0.1) is 11.3 Å². The van der Waals surface area contributed by atoms with Gasteiger partial charge in [0.15, 0.2) is 0 Å². The second-order valence-corrected chi connectivity index (χ2v) is 6.94. The summed E-state index contributed by atoms with van der Waals surface area (Å²) in [6, 6.07) is 10.4. The number of hydrazone groups is 1. The van der Waals surface area contributed by atoms with E-state index in [-0.39, 0.29) is 12.3 Å². The van der Waals surface area contributed by atoms with Crippen molar-refractivity contribution in [3.05, 3.63) is 52.0 Å². The molecule has 2 aromatic rings. The molecule has 0 unspecified atom stereocenters. The lowest BCUT2D eigenvalue weighted by molar-refractivity contribution is -0.120. The number of thiazole rings is 1. The first-order valence-electron chi connectivity index (χ1n) is 8.03. The van der Waals surface area contributed by atoms with Gasteiger partial charge in [-0.25, -0.2) is 10.4 Å². The van der Waals surface area contributed by atoms with Gasteiger partial charge >= 0.3 is 0 Å². The summed E-state index contributed by atoms with van der Waals surface area (Å²) < 4.78 is 0. The van der Waals surface area contributed by atoms with Crippen LogP contribution in [0.3, 0.4) is 0 Å². The van der Waals surface area contributed by atoms with Crippen molar-refractivity contribution in [2.45, 2.75) is 44.9 Å². The summed E-state index contributed by atoms with van der Waals surface area (Å²) in [7, 11) is 0. The van der Waals surface area contributed by atoms with Crippen LogP contribution >= 0.6 is 11.3 Å². The first-order chi connectivity index (χ1) is 11.2. The minimum atomic E-state index is -0.0971. The number of carbonyl (C=O) groups is 1. The van der Waals surface area contributed by atoms with Crippen molar-refractivity contribution in [2.24, 2.45) is 5.10 Å². The Morgan fingerprint density at radius 1 is 1.35 bits per heavy atom. The molecule has 1 aromatic carbocycles. The van der Waals surface area contributed by atoms with E-state index in [4.69, 9.17) is 0 Å². The average Bonchev–Trinajstić information content (AvgIpc) is 2.99. The summed E-state index contributed by atoms with van der Waals surface area (Å²) in [4.78, 5) is 16.4. The number of nitrogens with one attached hydrogen (secondary N) is 1. The molecule has 1 heterocycles. The Bertz CT molecular complexity index is 693. The third-order valence-corrected chi connectivity index (χ3v) is 4.93. The Balaban J connectivity index is 1.65. The predicted octanol–water partition coefficient (Wildman–Crippen LogP) is 3.82. The Hall–Kier alpha value is -2.01. The van der Waals surface area contributed by atoms with E-state index in [0.29, 0.717) is 5.92 Å². The van der Waals surface area contributed by atoms with Crippen LogP contribution in [0.4, 0.5) is 0 Å². The minimum Gasteiger partial charge on any atom is -0.273 e.